The molecule has 0 saturated heterocycles. The molecule has 0 radical (unpaired) electrons. The summed E-state index contributed by atoms with van der Waals surface area (Å²) in [6, 6.07) is 0. The lowest BCUT2D eigenvalue weighted by Crippen LogP contribution is -1.85. The van der Waals surface area contributed by atoms with Crippen LogP contribution in [0.25, 0.3) is 0 Å². The average molecular weight is 164 g/mol. The SMILES string of the molecule is C1=CCCC1.CC1=CCCCC1. The van der Waals surface area contributed by atoms with Gasteiger partial charge in [0.05, 0.1) is 0 Å². The maximum atomic E-state index is 2.35. The summed E-state index contributed by atoms with van der Waals surface area (Å²) in [6.45, 7) is 2.22. The molecule has 0 saturated carbocycles. The highest BCUT2D eigenvalue weighted by molar-refractivity contribution is 5.00. The van der Waals surface area contributed by atoms with E-state index in [2.05, 4.69) is 25.2 Å². The maximum absolute atomic E-state index is 2.35. The lowest BCUT2D eigenvalue weighted by Gasteiger charge is -2.05. The second-order valence-electron chi connectivity index (χ2n) is 3.70. The topological polar surface area (TPSA) is 0 Å². The van der Waals surface area contributed by atoms with Gasteiger partial charge in [-0.15, -0.1) is 0 Å². The predicted molar refractivity (Wildman–Crippen MR) is 55.2 cm³/mol. The summed E-state index contributed by atoms with van der Waals surface area (Å²) in [5.41, 5.74) is 1.59. The summed E-state index contributed by atoms with van der Waals surface area (Å²) >= 11 is 0. The van der Waals surface area contributed by atoms with E-state index in [0.29, 0.717) is 0 Å². The van der Waals surface area contributed by atoms with Crippen molar-refractivity contribution < 1.29 is 0 Å². The number of rotatable bonds is 0. The first-order valence-corrected chi connectivity index (χ1v) is 5.20. The van der Waals surface area contributed by atoms with Gasteiger partial charge in [0.25, 0.3) is 0 Å². The van der Waals surface area contributed by atoms with Gasteiger partial charge in [-0.1, -0.05) is 23.8 Å². The van der Waals surface area contributed by atoms with Gasteiger partial charge in [0.1, 0.15) is 0 Å². The zero-order chi connectivity index (χ0) is 8.65. The van der Waals surface area contributed by atoms with E-state index in [1.54, 1.807) is 5.57 Å². The minimum atomic E-state index is 1.32. The van der Waals surface area contributed by atoms with E-state index in [0.717, 1.165) is 0 Å². The van der Waals surface area contributed by atoms with E-state index >= 15 is 0 Å². The molecule has 0 aliphatic heterocycles. The van der Waals surface area contributed by atoms with Crippen LogP contribution in [0.1, 0.15) is 51.9 Å². The monoisotopic (exact) mass is 164 g/mol. The Balaban J connectivity index is 0.000000127. The van der Waals surface area contributed by atoms with Crippen molar-refractivity contribution in [2.45, 2.75) is 51.9 Å². The van der Waals surface area contributed by atoms with Crippen molar-refractivity contribution in [1.29, 1.82) is 0 Å². The fourth-order valence-corrected chi connectivity index (χ4v) is 1.59. The minimum absolute atomic E-state index is 1.32. The summed E-state index contributed by atoms with van der Waals surface area (Å²) in [4.78, 5) is 0. The lowest BCUT2D eigenvalue weighted by atomic mass is 10.0. The first-order valence-electron chi connectivity index (χ1n) is 5.20. The Bertz CT molecular complexity index is 157. The minimum Gasteiger partial charge on any atom is -0.0885 e. The Hall–Kier alpha value is -0.520. The molecule has 0 fully saturated rings. The third kappa shape index (κ3) is 4.38. The summed E-state index contributed by atoms with van der Waals surface area (Å²) in [5.74, 6) is 0. The van der Waals surface area contributed by atoms with Crippen molar-refractivity contribution in [3.05, 3.63) is 23.8 Å². The van der Waals surface area contributed by atoms with Crippen molar-refractivity contribution in [1.82, 2.24) is 0 Å². The number of allylic oxidation sites excluding steroid dienone is 4. The van der Waals surface area contributed by atoms with Crippen molar-refractivity contribution in [2.24, 2.45) is 0 Å². The molecule has 0 atom stereocenters. The van der Waals surface area contributed by atoms with E-state index in [4.69, 9.17) is 0 Å². The molecule has 68 valence electrons. The molecule has 0 amide bonds. The summed E-state index contributed by atoms with van der Waals surface area (Å²) in [5, 5.41) is 0. The largest absolute Gasteiger partial charge is 0.0885 e. The van der Waals surface area contributed by atoms with Gasteiger partial charge in [0.2, 0.25) is 0 Å². The fourth-order valence-electron chi connectivity index (χ4n) is 1.59. The predicted octanol–water partition coefficient (Wildman–Crippen LogP) is 4.23. The van der Waals surface area contributed by atoms with Gasteiger partial charge in [-0.05, 0) is 51.9 Å². The molecule has 2 rings (SSSR count). The molecule has 0 bridgehead atoms. The van der Waals surface area contributed by atoms with Crippen LogP contribution in [0.3, 0.4) is 0 Å². The van der Waals surface area contributed by atoms with Gasteiger partial charge in [-0.3, -0.25) is 0 Å². The van der Waals surface area contributed by atoms with Crippen molar-refractivity contribution in [2.75, 3.05) is 0 Å². The van der Waals surface area contributed by atoms with Crippen LogP contribution < -0.4 is 0 Å². The fraction of sp³-hybridized carbons (Fsp3) is 0.667. The lowest BCUT2D eigenvalue weighted by molar-refractivity contribution is 0.702. The quantitative estimate of drug-likeness (QED) is 0.470. The van der Waals surface area contributed by atoms with Crippen molar-refractivity contribution in [3.8, 4) is 0 Å². The molecule has 2 aliphatic rings. The van der Waals surface area contributed by atoms with Crippen molar-refractivity contribution in [3.63, 3.8) is 0 Å². The first-order chi connectivity index (χ1) is 5.89. The van der Waals surface area contributed by atoms with Crippen LogP contribution in [0.5, 0.6) is 0 Å². The molecular formula is C12H20. The van der Waals surface area contributed by atoms with E-state index in [1.807, 2.05) is 0 Å². The van der Waals surface area contributed by atoms with E-state index in [1.165, 1.54) is 44.9 Å². The van der Waals surface area contributed by atoms with Gasteiger partial charge in [0, 0.05) is 0 Å². The van der Waals surface area contributed by atoms with Gasteiger partial charge in [-0.2, -0.15) is 0 Å². The number of hydrogen-bond acceptors (Lipinski definition) is 0. The third-order valence-corrected chi connectivity index (χ3v) is 2.43. The molecular weight excluding hydrogens is 144 g/mol. The van der Waals surface area contributed by atoms with Crippen LogP contribution in [0, 0.1) is 0 Å². The number of hydrogen-bond donors (Lipinski definition) is 0. The van der Waals surface area contributed by atoms with Gasteiger partial charge in [-0.25, -0.2) is 0 Å². The van der Waals surface area contributed by atoms with Crippen LogP contribution in [-0.2, 0) is 0 Å². The van der Waals surface area contributed by atoms with Crippen LogP contribution >= 0.6 is 0 Å². The van der Waals surface area contributed by atoms with Gasteiger partial charge in [0.15, 0.2) is 0 Å². The Morgan fingerprint density at radius 3 is 1.92 bits per heavy atom. The molecule has 0 nitrogen and oxygen atoms in total. The summed E-state index contributed by atoms with van der Waals surface area (Å²) < 4.78 is 0. The first kappa shape index (κ1) is 9.57. The molecule has 0 aromatic heterocycles. The second kappa shape index (κ2) is 6.05. The van der Waals surface area contributed by atoms with E-state index in [-0.39, 0.29) is 0 Å². The highest BCUT2D eigenvalue weighted by Gasteiger charge is 1.95. The molecule has 0 spiro atoms. The highest BCUT2D eigenvalue weighted by atomic mass is 14.0. The normalized spacial score (nSPS) is 21.2. The van der Waals surface area contributed by atoms with Crippen LogP contribution in [0.2, 0.25) is 0 Å². The van der Waals surface area contributed by atoms with Gasteiger partial charge >= 0.3 is 0 Å². The smallest absolute Gasteiger partial charge is 0.0323 e. The molecule has 0 aromatic carbocycles. The van der Waals surface area contributed by atoms with E-state index in [9.17, 15) is 0 Å². The Labute approximate surface area is 76.4 Å². The molecule has 0 N–H and O–H groups in total. The summed E-state index contributed by atoms with van der Waals surface area (Å²) in [6.07, 6.45) is 16.4. The van der Waals surface area contributed by atoms with Crippen LogP contribution in [-0.4, -0.2) is 0 Å². The van der Waals surface area contributed by atoms with E-state index < -0.39 is 0 Å². The van der Waals surface area contributed by atoms with Crippen LogP contribution in [0.15, 0.2) is 23.8 Å². The Morgan fingerprint density at radius 2 is 1.67 bits per heavy atom. The van der Waals surface area contributed by atoms with Crippen molar-refractivity contribution >= 4 is 0 Å². The molecule has 0 heteroatoms. The standard InChI is InChI=1S/C7H12.C5H8/c1-7-5-3-2-4-6-7;1-2-4-5-3-1/h5H,2-4,6H2,1H3;1-2H,3-5H2. The zero-order valence-corrected chi connectivity index (χ0v) is 8.18. The molecule has 0 heterocycles. The summed E-state index contributed by atoms with van der Waals surface area (Å²) in [7, 11) is 0. The van der Waals surface area contributed by atoms with Crippen LogP contribution in [0.4, 0.5) is 0 Å². The molecule has 12 heavy (non-hydrogen) atoms. The average Bonchev–Trinajstić information content (AvgIpc) is 2.62. The Kier molecular flexibility index (Phi) is 4.82. The second-order valence-corrected chi connectivity index (χ2v) is 3.70. The molecule has 2 aliphatic carbocycles. The highest BCUT2D eigenvalue weighted by Crippen LogP contribution is 2.15. The Morgan fingerprint density at radius 1 is 0.917 bits per heavy atom. The third-order valence-electron chi connectivity index (χ3n) is 2.43. The molecule has 0 unspecified atom stereocenters. The molecule has 0 aromatic rings. The maximum Gasteiger partial charge on any atom is -0.0323 e. The zero-order valence-electron chi connectivity index (χ0n) is 8.18. The van der Waals surface area contributed by atoms with Gasteiger partial charge < -0.3 is 0 Å².